The number of amides is 1. The van der Waals surface area contributed by atoms with Gasteiger partial charge >= 0.3 is 0 Å². The Morgan fingerprint density at radius 3 is 2.84 bits per heavy atom. The highest BCUT2D eigenvalue weighted by Crippen LogP contribution is 2.24. The van der Waals surface area contributed by atoms with Gasteiger partial charge in [0.15, 0.2) is 0 Å². The number of hydrogen-bond donors (Lipinski definition) is 1. The SMILES string of the molecule is O=C(NCc1ccnc(-c2ccccc2)c1)c1onc2c1CCCC2. The first kappa shape index (κ1) is 15.6. The van der Waals surface area contributed by atoms with Crippen molar-refractivity contribution in [2.45, 2.75) is 32.2 Å². The summed E-state index contributed by atoms with van der Waals surface area (Å²) in [6.07, 6.45) is 5.73. The van der Waals surface area contributed by atoms with Crippen molar-refractivity contribution in [1.82, 2.24) is 15.5 Å². The lowest BCUT2D eigenvalue weighted by Crippen LogP contribution is -2.23. The van der Waals surface area contributed by atoms with Crippen LogP contribution in [0.5, 0.6) is 0 Å². The van der Waals surface area contributed by atoms with Crippen LogP contribution >= 0.6 is 0 Å². The van der Waals surface area contributed by atoms with E-state index in [1.807, 2.05) is 42.5 Å². The summed E-state index contributed by atoms with van der Waals surface area (Å²) in [7, 11) is 0. The van der Waals surface area contributed by atoms with Gasteiger partial charge in [0.25, 0.3) is 5.91 Å². The van der Waals surface area contributed by atoms with E-state index >= 15 is 0 Å². The minimum Gasteiger partial charge on any atom is -0.350 e. The summed E-state index contributed by atoms with van der Waals surface area (Å²) in [5, 5.41) is 6.97. The second kappa shape index (κ2) is 6.89. The highest BCUT2D eigenvalue weighted by Gasteiger charge is 2.23. The molecule has 5 nitrogen and oxygen atoms in total. The summed E-state index contributed by atoms with van der Waals surface area (Å²) >= 11 is 0. The van der Waals surface area contributed by atoms with Crippen LogP contribution in [-0.2, 0) is 19.4 Å². The molecule has 0 fully saturated rings. The Bertz CT molecular complexity index is 887. The molecular weight excluding hydrogens is 314 g/mol. The maximum absolute atomic E-state index is 12.4. The molecule has 0 spiro atoms. The molecular formula is C20H19N3O2. The van der Waals surface area contributed by atoms with E-state index < -0.39 is 0 Å². The average molecular weight is 333 g/mol. The molecule has 4 rings (SSSR count). The van der Waals surface area contributed by atoms with Crippen molar-refractivity contribution in [3.63, 3.8) is 0 Å². The smallest absolute Gasteiger partial charge is 0.290 e. The Labute approximate surface area is 146 Å². The van der Waals surface area contributed by atoms with Crippen molar-refractivity contribution >= 4 is 5.91 Å². The molecule has 0 atom stereocenters. The number of aryl methyl sites for hydroxylation is 1. The van der Waals surface area contributed by atoms with Crippen LogP contribution in [0.1, 0.15) is 40.2 Å². The summed E-state index contributed by atoms with van der Waals surface area (Å²) in [6, 6.07) is 13.9. The summed E-state index contributed by atoms with van der Waals surface area (Å²) < 4.78 is 5.29. The molecule has 0 bridgehead atoms. The number of fused-ring (bicyclic) bond motifs is 1. The quantitative estimate of drug-likeness (QED) is 0.793. The number of nitrogens with one attached hydrogen (secondary N) is 1. The van der Waals surface area contributed by atoms with E-state index in [0.717, 1.165) is 53.8 Å². The van der Waals surface area contributed by atoms with Gasteiger partial charge in [0.05, 0.1) is 11.4 Å². The zero-order valence-electron chi connectivity index (χ0n) is 13.9. The number of carbonyl (C=O) groups is 1. The number of rotatable bonds is 4. The monoisotopic (exact) mass is 333 g/mol. The largest absolute Gasteiger partial charge is 0.350 e. The van der Waals surface area contributed by atoms with Crippen molar-refractivity contribution in [3.8, 4) is 11.3 Å². The van der Waals surface area contributed by atoms with Gasteiger partial charge in [-0.25, -0.2) is 0 Å². The van der Waals surface area contributed by atoms with Crippen LogP contribution in [0.2, 0.25) is 0 Å². The number of carbonyl (C=O) groups excluding carboxylic acids is 1. The maximum atomic E-state index is 12.4. The molecule has 0 aliphatic heterocycles. The van der Waals surface area contributed by atoms with Crippen LogP contribution in [0, 0.1) is 0 Å². The third kappa shape index (κ3) is 3.31. The molecule has 0 unspecified atom stereocenters. The van der Waals surface area contributed by atoms with Crippen LogP contribution in [0.25, 0.3) is 11.3 Å². The Morgan fingerprint density at radius 1 is 1.12 bits per heavy atom. The Kier molecular flexibility index (Phi) is 4.29. The minimum absolute atomic E-state index is 0.200. The van der Waals surface area contributed by atoms with E-state index in [1.54, 1.807) is 6.20 Å². The van der Waals surface area contributed by atoms with Gasteiger partial charge < -0.3 is 9.84 Å². The van der Waals surface area contributed by atoms with Crippen LogP contribution in [0.4, 0.5) is 0 Å². The molecule has 0 radical (unpaired) electrons. The van der Waals surface area contributed by atoms with Crippen molar-refractivity contribution in [2.75, 3.05) is 0 Å². The topological polar surface area (TPSA) is 68.0 Å². The maximum Gasteiger partial charge on any atom is 0.290 e. The molecule has 0 saturated heterocycles. The van der Waals surface area contributed by atoms with E-state index in [-0.39, 0.29) is 5.91 Å². The van der Waals surface area contributed by atoms with E-state index in [9.17, 15) is 4.79 Å². The molecule has 2 heterocycles. The Morgan fingerprint density at radius 2 is 1.96 bits per heavy atom. The molecule has 5 heteroatoms. The van der Waals surface area contributed by atoms with Gasteiger partial charge in [0, 0.05) is 23.9 Å². The highest BCUT2D eigenvalue weighted by atomic mass is 16.5. The zero-order valence-corrected chi connectivity index (χ0v) is 13.9. The van der Waals surface area contributed by atoms with Crippen LogP contribution < -0.4 is 5.32 Å². The fraction of sp³-hybridized carbons (Fsp3) is 0.250. The molecule has 3 aromatic rings. The number of pyridine rings is 1. The van der Waals surface area contributed by atoms with Crippen LogP contribution in [-0.4, -0.2) is 16.0 Å². The number of aromatic nitrogens is 2. The second-order valence-corrected chi connectivity index (χ2v) is 6.24. The fourth-order valence-electron chi connectivity index (χ4n) is 3.18. The Balaban J connectivity index is 1.47. The molecule has 25 heavy (non-hydrogen) atoms. The summed E-state index contributed by atoms with van der Waals surface area (Å²) in [5.41, 5.74) is 4.86. The first-order valence-electron chi connectivity index (χ1n) is 8.57. The van der Waals surface area contributed by atoms with Gasteiger partial charge in [-0.05, 0) is 43.4 Å². The van der Waals surface area contributed by atoms with Crippen molar-refractivity contribution < 1.29 is 9.32 Å². The van der Waals surface area contributed by atoms with E-state index in [4.69, 9.17) is 4.52 Å². The molecule has 1 aromatic carbocycles. The van der Waals surface area contributed by atoms with Crippen molar-refractivity contribution in [3.05, 3.63) is 71.2 Å². The standard InChI is InChI=1S/C20H19N3O2/c24-20(19-16-8-4-5-9-17(16)23-25-19)22-13-14-10-11-21-18(12-14)15-6-2-1-3-7-15/h1-3,6-7,10-12H,4-5,8-9,13H2,(H,22,24). The average Bonchev–Trinajstić information content (AvgIpc) is 3.11. The van der Waals surface area contributed by atoms with Crippen LogP contribution in [0.3, 0.4) is 0 Å². The van der Waals surface area contributed by atoms with E-state index in [0.29, 0.717) is 12.3 Å². The van der Waals surface area contributed by atoms with E-state index in [2.05, 4.69) is 15.5 Å². The number of benzene rings is 1. The lowest BCUT2D eigenvalue weighted by atomic mass is 9.96. The molecule has 0 saturated carbocycles. The van der Waals surface area contributed by atoms with Crippen molar-refractivity contribution in [1.29, 1.82) is 0 Å². The number of nitrogens with zero attached hydrogens (tertiary/aromatic N) is 2. The van der Waals surface area contributed by atoms with Gasteiger partial charge in [-0.1, -0.05) is 35.5 Å². The highest BCUT2D eigenvalue weighted by molar-refractivity contribution is 5.93. The molecule has 1 aliphatic rings. The lowest BCUT2D eigenvalue weighted by molar-refractivity contribution is 0.0912. The third-order valence-electron chi connectivity index (χ3n) is 4.51. The Hall–Kier alpha value is -2.95. The molecule has 2 aromatic heterocycles. The molecule has 1 amide bonds. The first-order valence-corrected chi connectivity index (χ1v) is 8.57. The third-order valence-corrected chi connectivity index (χ3v) is 4.51. The van der Waals surface area contributed by atoms with Gasteiger partial charge in [-0.2, -0.15) is 0 Å². The van der Waals surface area contributed by atoms with Crippen LogP contribution in [0.15, 0.2) is 53.2 Å². The lowest BCUT2D eigenvalue weighted by Gasteiger charge is -2.09. The van der Waals surface area contributed by atoms with E-state index in [1.165, 1.54) is 0 Å². The van der Waals surface area contributed by atoms with Gasteiger partial charge in [0.1, 0.15) is 0 Å². The van der Waals surface area contributed by atoms with Gasteiger partial charge in [-0.15, -0.1) is 0 Å². The predicted octanol–water partition coefficient (Wildman–Crippen LogP) is 3.55. The minimum atomic E-state index is -0.200. The normalized spacial score (nSPS) is 13.3. The van der Waals surface area contributed by atoms with Gasteiger partial charge in [-0.3, -0.25) is 9.78 Å². The summed E-state index contributed by atoms with van der Waals surface area (Å²) in [5.74, 6) is 0.167. The van der Waals surface area contributed by atoms with Gasteiger partial charge in [0.2, 0.25) is 5.76 Å². The summed E-state index contributed by atoms with van der Waals surface area (Å²) in [4.78, 5) is 16.8. The first-order chi connectivity index (χ1) is 12.3. The predicted molar refractivity (Wildman–Crippen MR) is 94.0 cm³/mol. The fourth-order valence-corrected chi connectivity index (χ4v) is 3.18. The molecule has 1 aliphatic carbocycles. The number of hydrogen-bond acceptors (Lipinski definition) is 4. The summed E-state index contributed by atoms with van der Waals surface area (Å²) in [6.45, 7) is 0.427. The molecule has 126 valence electrons. The van der Waals surface area contributed by atoms with Crippen molar-refractivity contribution in [2.24, 2.45) is 0 Å². The zero-order chi connectivity index (χ0) is 17.1. The molecule has 1 N–H and O–H groups in total. The second-order valence-electron chi connectivity index (χ2n) is 6.24.